The molecule has 0 atom stereocenters. The Labute approximate surface area is 186 Å². The molecular formula is C24H30F2N2O4. The minimum Gasteiger partial charge on any atom is -0.497 e. The van der Waals surface area contributed by atoms with Crippen LogP contribution < -0.4 is 10.1 Å². The summed E-state index contributed by atoms with van der Waals surface area (Å²) in [4.78, 5) is 16.2. The predicted octanol–water partition coefficient (Wildman–Crippen LogP) is 5.06. The van der Waals surface area contributed by atoms with Crippen molar-refractivity contribution >= 4 is 17.0 Å². The Kier molecular flexibility index (Phi) is 5.77. The molecule has 2 aromatic rings. The van der Waals surface area contributed by atoms with E-state index in [9.17, 15) is 13.6 Å². The first kappa shape index (κ1) is 22.7. The van der Waals surface area contributed by atoms with Gasteiger partial charge >= 0.3 is 6.09 Å². The second kappa shape index (κ2) is 8.14. The smallest absolute Gasteiger partial charge is 0.408 e. The molecule has 1 aliphatic carbocycles. The lowest BCUT2D eigenvalue weighted by Gasteiger charge is -2.53. The highest BCUT2D eigenvalue weighted by Gasteiger charge is 2.50. The fourth-order valence-corrected chi connectivity index (χ4v) is 4.76. The summed E-state index contributed by atoms with van der Waals surface area (Å²) >= 11 is 0. The molecule has 3 fully saturated rings. The highest BCUT2D eigenvalue weighted by atomic mass is 19.1. The molecule has 3 heterocycles. The topological polar surface area (TPSA) is 69.7 Å². The number of benzene rings is 1. The molecule has 2 bridgehead atoms. The van der Waals surface area contributed by atoms with Crippen molar-refractivity contribution in [1.82, 2.24) is 10.3 Å². The largest absolute Gasteiger partial charge is 0.497 e. The summed E-state index contributed by atoms with van der Waals surface area (Å²) in [6, 6.07) is 2.87. The van der Waals surface area contributed by atoms with E-state index in [4.69, 9.17) is 14.2 Å². The van der Waals surface area contributed by atoms with Gasteiger partial charge in [-0.2, -0.15) is 0 Å². The van der Waals surface area contributed by atoms with Crippen LogP contribution in [0.25, 0.3) is 10.9 Å². The molecule has 5 rings (SSSR count). The molecule has 3 aliphatic rings. The second-order valence-electron chi connectivity index (χ2n) is 9.97. The lowest BCUT2D eigenvalue weighted by molar-refractivity contribution is -0.163. The van der Waals surface area contributed by atoms with Gasteiger partial charge in [0.15, 0.2) is 5.82 Å². The van der Waals surface area contributed by atoms with Crippen LogP contribution in [0.15, 0.2) is 18.3 Å². The Balaban J connectivity index is 1.46. The van der Waals surface area contributed by atoms with E-state index in [1.54, 1.807) is 6.07 Å². The van der Waals surface area contributed by atoms with Crippen molar-refractivity contribution in [3.8, 4) is 5.75 Å². The van der Waals surface area contributed by atoms with E-state index in [0.717, 1.165) is 31.9 Å². The minimum absolute atomic E-state index is 0.133. The third kappa shape index (κ3) is 4.51. The number of aromatic nitrogens is 1. The van der Waals surface area contributed by atoms with Crippen molar-refractivity contribution in [2.75, 3.05) is 13.7 Å². The van der Waals surface area contributed by atoms with Crippen LogP contribution in [0.1, 0.15) is 58.4 Å². The lowest BCUT2D eigenvalue weighted by atomic mass is 9.69. The van der Waals surface area contributed by atoms with Gasteiger partial charge in [0.2, 0.25) is 0 Å². The van der Waals surface area contributed by atoms with E-state index in [-0.39, 0.29) is 11.1 Å². The van der Waals surface area contributed by atoms with E-state index in [1.165, 1.54) is 13.2 Å². The van der Waals surface area contributed by atoms with Crippen LogP contribution in [0.5, 0.6) is 5.75 Å². The highest BCUT2D eigenvalue weighted by Crippen LogP contribution is 2.46. The molecule has 1 N–H and O–H groups in total. The first-order chi connectivity index (χ1) is 15.0. The van der Waals surface area contributed by atoms with Crippen molar-refractivity contribution in [2.24, 2.45) is 0 Å². The number of hydrogen-bond acceptors (Lipinski definition) is 5. The molecule has 32 heavy (non-hydrogen) atoms. The minimum atomic E-state index is -0.561. The Hall–Kier alpha value is -2.48. The summed E-state index contributed by atoms with van der Waals surface area (Å²) in [5.41, 5.74) is -0.811. The van der Waals surface area contributed by atoms with E-state index in [2.05, 4.69) is 10.3 Å². The zero-order valence-electron chi connectivity index (χ0n) is 19.0. The maximum atomic E-state index is 14.7. The molecule has 1 amide bonds. The molecular weight excluding hydrogens is 418 g/mol. The monoisotopic (exact) mass is 448 g/mol. The van der Waals surface area contributed by atoms with Gasteiger partial charge < -0.3 is 19.5 Å². The Morgan fingerprint density at radius 3 is 2.50 bits per heavy atom. The van der Waals surface area contributed by atoms with Gasteiger partial charge in [-0.25, -0.2) is 13.6 Å². The average molecular weight is 449 g/mol. The quantitative estimate of drug-likeness (QED) is 0.692. The number of methoxy groups -OCH3 is 1. The summed E-state index contributed by atoms with van der Waals surface area (Å²) in [7, 11) is 1.45. The molecule has 0 radical (unpaired) electrons. The predicted molar refractivity (Wildman–Crippen MR) is 116 cm³/mol. The first-order valence-electron chi connectivity index (χ1n) is 11.0. The summed E-state index contributed by atoms with van der Waals surface area (Å²) in [5, 5.41) is 3.43. The third-order valence-corrected chi connectivity index (χ3v) is 6.56. The number of aryl methyl sites for hydroxylation is 1. The van der Waals surface area contributed by atoms with Gasteiger partial charge in [0.05, 0.1) is 31.1 Å². The normalized spacial score (nSPS) is 25.1. The summed E-state index contributed by atoms with van der Waals surface area (Å²) in [6.45, 7) is 5.89. The summed E-state index contributed by atoms with van der Waals surface area (Å²) in [6.07, 6.45) is 4.69. The van der Waals surface area contributed by atoms with Gasteiger partial charge in [0.25, 0.3) is 0 Å². The molecule has 8 heteroatoms. The SMILES string of the molecule is COc1cc(F)c2ncc(F)c(CCC34CCC(NC(=O)OC(C)(C)C)(CC3)CO4)c2c1. The third-order valence-electron chi connectivity index (χ3n) is 6.56. The van der Waals surface area contributed by atoms with Crippen molar-refractivity contribution in [3.63, 3.8) is 0 Å². The van der Waals surface area contributed by atoms with Crippen LogP contribution in [0, 0.1) is 11.6 Å². The molecule has 1 aromatic heterocycles. The van der Waals surface area contributed by atoms with Crippen molar-refractivity contribution < 1.29 is 27.8 Å². The lowest BCUT2D eigenvalue weighted by Crippen LogP contribution is -2.63. The van der Waals surface area contributed by atoms with Gasteiger partial charge in [0.1, 0.15) is 22.7 Å². The summed E-state index contributed by atoms with van der Waals surface area (Å²) in [5.74, 6) is -0.677. The average Bonchev–Trinajstić information content (AvgIpc) is 2.72. The van der Waals surface area contributed by atoms with Crippen molar-refractivity contribution in [3.05, 3.63) is 35.5 Å². The van der Waals surface area contributed by atoms with Crippen LogP contribution >= 0.6 is 0 Å². The fraction of sp³-hybridized carbons (Fsp3) is 0.583. The second-order valence-corrected chi connectivity index (χ2v) is 9.97. The standard InChI is InChI=1S/C24H30F2N2O4/c1-22(2,3)32-21(29)28-23-7-9-24(10-8-23,31-14-23)6-5-16-17-11-15(30-4)12-18(25)20(17)27-13-19(16)26/h11-13H,5-10,14H2,1-4H3,(H,28,29). The maximum absolute atomic E-state index is 14.7. The first-order valence-corrected chi connectivity index (χ1v) is 11.0. The van der Waals surface area contributed by atoms with Crippen LogP contribution in [0.2, 0.25) is 0 Å². The molecule has 2 aliphatic heterocycles. The van der Waals surface area contributed by atoms with Crippen LogP contribution in [-0.4, -0.2) is 41.5 Å². The number of carbonyl (C=O) groups is 1. The Morgan fingerprint density at radius 2 is 1.91 bits per heavy atom. The number of fused-ring (bicyclic) bond motifs is 4. The summed E-state index contributed by atoms with van der Waals surface area (Å²) < 4.78 is 45.9. The van der Waals surface area contributed by atoms with Gasteiger partial charge in [-0.05, 0) is 70.9 Å². The number of alkyl carbamates (subject to hydrolysis) is 1. The van der Waals surface area contributed by atoms with Crippen molar-refractivity contribution in [1.29, 1.82) is 0 Å². The molecule has 1 aromatic carbocycles. The molecule has 2 saturated heterocycles. The number of amides is 1. The molecule has 6 nitrogen and oxygen atoms in total. The number of halogens is 2. The van der Waals surface area contributed by atoms with Crippen LogP contribution in [-0.2, 0) is 15.9 Å². The number of nitrogens with zero attached hydrogens (tertiary/aromatic N) is 1. The molecule has 0 spiro atoms. The van der Waals surface area contributed by atoms with E-state index in [0.29, 0.717) is 36.1 Å². The number of nitrogens with one attached hydrogen (secondary N) is 1. The van der Waals surface area contributed by atoms with Gasteiger partial charge in [-0.3, -0.25) is 4.98 Å². The van der Waals surface area contributed by atoms with Gasteiger partial charge in [0, 0.05) is 11.5 Å². The van der Waals surface area contributed by atoms with Crippen LogP contribution in [0.4, 0.5) is 13.6 Å². The number of rotatable bonds is 5. The van der Waals surface area contributed by atoms with Crippen LogP contribution in [0.3, 0.4) is 0 Å². The van der Waals surface area contributed by atoms with Gasteiger partial charge in [-0.15, -0.1) is 0 Å². The van der Waals surface area contributed by atoms with E-state index < -0.39 is 28.9 Å². The maximum Gasteiger partial charge on any atom is 0.408 e. The molecule has 1 saturated carbocycles. The van der Waals surface area contributed by atoms with Gasteiger partial charge in [-0.1, -0.05) is 0 Å². The van der Waals surface area contributed by atoms with E-state index >= 15 is 0 Å². The zero-order valence-corrected chi connectivity index (χ0v) is 19.0. The number of hydrogen-bond donors (Lipinski definition) is 1. The zero-order chi connectivity index (χ0) is 23.1. The fourth-order valence-electron chi connectivity index (χ4n) is 4.76. The Morgan fingerprint density at radius 1 is 1.19 bits per heavy atom. The van der Waals surface area contributed by atoms with E-state index in [1.807, 2.05) is 20.8 Å². The Bertz CT molecular complexity index is 1010. The number of carbonyl (C=O) groups excluding carboxylic acids is 1. The number of pyridine rings is 1. The molecule has 0 unspecified atom stereocenters. The van der Waals surface area contributed by atoms with Crippen molar-refractivity contribution in [2.45, 2.75) is 76.0 Å². The molecule has 174 valence electrons. The number of ether oxygens (including phenoxy) is 3. The highest BCUT2D eigenvalue weighted by molar-refractivity contribution is 5.84.